The average molecular weight is 433 g/mol. The molecule has 2 N–H and O–H groups in total. The van der Waals surface area contributed by atoms with Crippen molar-refractivity contribution in [2.45, 2.75) is 52.1 Å². The van der Waals surface area contributed by atoms with Crippen LogP contribution in [0.3, 0.4) is 0 Å². The fourth-order valence-electron chi connectivity index (χ4n) is 4.48. The Morgan fingerprint density at radius 3 is 2.45 bits per heavy atom. The Bertz CT molecular complexity index is 678. The van der Waals surface area contributed by atoms with Crippen LogP contribution >= 0.6 is 0 Å². The number of hydrogen-bond acceptors (Lipinski definition) is 4. The summed E-state index contributed by atoms with van der Waals surface area (Å²) in [5, 5.41) is 7.04. The highest BCUT2D eigenvalue weighted by Gasteiger charge is 2.21. The van der Waals surface area contributed by atoms with Crippen molar-refractivity contribution in [3.05, 3.63) is 30.1 Å². The molecule has 1 aromatic carbocycles. The number of benzene rings is 1. The molecule has 1 aromatic rings. The summed E-state index contributed by atoms with van der Waals surface area (Å²) in [5.41, 5.74) is 0.729. The van der Waals surface area contributed by atoms with Crippen LogP contribution < -0.4 is 15.5 Å². The lowest BCUT2D eigenvalue weighted by molar-refractivity contribution is 0.167. The van der Waals surface area contributed by atoms with Crippen molar-refractivity contribution in [3.63, 3.8) is 0 Å². The Balaban J connectivity index is 1.36. The Labute approximate surface area is 187 Å². The van der Waals surface area contributed by atoms with Gasteiger partial charge in [-0.2, -0.15) is 0 Å². The van der Waals surface area contributed by atoms with Crippen molar-refractivity contribution in [3.8, 4) is 0 Å². The second-order valence-corrected chi connectivity index (χ2v) is 8.94. The molecule has 7 heteroatoms. The zero-order chi connectivity index (χ0) is 22.1. The molecule has 0 radical (unpaired) electrons. The Morgan fingerprint density at radius 1 is 1.10 bits per heavy atom. The van der Waals surface area contributed by atoms with Gasteiger partial charge in [-0.15, -0.1) is 0 Å². The summed E-state index contributed by atoms with van der Waals surface area (Å²) in [6.45, 7) is 15.5. The number of nitrogens with zero attached hydrogens (tertiary/aromatic N) is 4. The first-order chi connectivity index (χ1) is 15.1. The molecule has 174 valence electrons. The van der Waals surface area contributed by atoms with Gasteiger partial charge < -0.3 is 20.4 Å². The molecule has 2 aliphatic rings. The highest BCUT2D eigenvalue weighted by Crippen LogP contribution is 2.20. The first kappa shape index (κ1) is 23.8. The van der Waals surface area contributed by atoms with Crippen LogP contribution in [0.1, 0.15) is 40.0 Å². The Kier molecular flexibility index (Phi) is 9.40. The van der Waals surface area contributed by atoms with Gasteiger partial charge in [0.2, 0.25) is 0 Å². The molecule has 0 saturated carbocycles. The molecule has 0 atom stereocenters. The molecular formula is C24H41FN6. The third-order valence-corrected chi connectivity index (χ3v) is 6.41. The topological polar surface area (TPSA) is 46.1 Å². The van der Waals surface area contributed by atoms with Gasteiger partial charge in [0.1, 0.15) is 5.82 Å². The molecule has 3 rings (SSSR count). The number of rotatable bonds is 8. The van der Waals surface area contributed by atoms with E-state index in [-0.39, 0.29) is 5.82 Å². The van der Waals surface area contributed by atoms with E-state index in [0.29, 0.717) is 12.1 Å². The lowest BCUT2D eigenvalue weighted by Crippen LogP contribution is -2.50. The molecule has 2 aliphatic heterocycles. The average Bonchev–Trinajstić information content (AvgIpc) is 2.78. The molecule has 0 spiro atoms. The first-order valence-electron chi connectivity index (χ1n) is 12.1. The van der Waals surface area contributed by atoms with Gasteiger partial charge in [0.05, 0.1) is 5.69 Å². The number of halogens is 1. The highest BCUT2D eigenvalue weighted by atomic mass is 19.1. The van der Waals surface area contributed by atoms with Crippen LogP contribution in [0.5, 0.6) is 0 Å². The number of guanidine groups is 1. The third kappa shape index (κ3) is 7.35. The van der Waals surface area contributed by atoms with Crippen LogP contribution in [-0.4, -0.2) is 86.7 Å². The number of para-hydroxylation sites is 1. The number of nitrogens with one attached hydrogen (secondary N) is 2. The number of aliphatic imine (C=N–C) groups is 1. The van der Waals surface area contributed by atoms with Gasteiger partial charge in [-0.3, -0.25) is 9.89 Å². The second kappa shape index (κ2) is 12.2. The summed E-state index contributed by atoms with van der Waals surface area (Å²) in [7, 11) is 0. The molecule has 0 amide bonds. The minimum Gasteiger partial charge on any atom is -0.367 e. The van der Waals surface area contributed by atoms with E-state index < -0.39 is 0 Å². The predicted octanol–water partition coefficient (Wildman–Crippen LogP) is 2.77. The summed E-state index contributed by atoms with van der Waals surface area (Å²) in [5.74, 6) is 0.832. The van der Waals surface area contributed by atoms with Crippen LogP contribution in [0.25, 0.3) is 0 Å². The van der Waals surface area contributed by atoms with E-state index >= 15 is 0 Å². The molecule has 2 fully saturated rings. The maximum atomic E-state index is 14.0. The van der Waals surface area contributed by atoms with Crippen molar-refractivity contribution in [2.75, 3.05) is 63.8 Å². The number of piperazine rings is 1. The van der Waals surface area contributed by atoms with Crippen LogP contribution in [0.15, 0.2) is 29.3 Å². The fraction of sp³-hybridized carbons (Fsp3) is 0.708. The van der Waals surface area contributed by atoms with E-state index in [9.17, 15) is 4.39 Å². The number of piperidine rings is 1. The summed E-state index contributed by atoms with van der Waals surface area (Å²) < 4.78 is 14.0. The van der Waals surface area contributed by atoms with E-state index in [1.807, 2.05) is 12.1 Å². The summed E-state index contributed by atoms with van der Waals surface area (Å²) >= 11 is 0. The van der Waals surface area contributed by atoms with Crippen molar-refractivity contribution in [1.82, 2.24) is 20.4 Å². The third-order valence-electron chi connectivity index (χ3n) is 6.41. The Morgan fingerprint density at radius 2 is 1.81 bits per heavy atom. The number of anilines is 1. The minimum absolute atomic E-state index is 0.122. The monoisotopic (exact) mass is 432 g/mol. The fourth-order valence-corrected chi connectivity index (χ4v) is 4.48. The predicted molar refractivity (Wildman–Crippen MR) is 129 cm³/mol. The molecule has 0 aromatic heterocycles. The van der Waals surface area contributed by atoms with Gasteiger partial charge in [0.25, 0.3) is 0 Å². The molecule has 0 unspecified atom stereocenters. The van der Waals surface area contributed by atoms with E-state index in [1.54, 1.807) is 12.1 Å². The maximum Gasteiger partial charge on any atom is 0.191 e. The molecular weight excluding hydrogens is 391 g/mol. The van der Waals surface area contributed by atoms with Crippen LogP contribution in [0.2, 0.25) is 0 Å². The number of hydrogen-bond donors (Lipinski definition) is 2. The highest BCUT2D eigenvalue weighted by molar-refractivity contribution is 5.80. The van der Waals surface area contributed by atoms with Gasteiger partial charge in [0, 0.05) is 71.0 Å². The SMILES string of the molecule is CCNC(=NCCCN1CCN(c2ccccc2F)CC1)NC1CCN(C(C)C)CC1. The second-order valence-electron chi connectivity index (χ2n) is 8.94. The zero-order valence-corrected chi connectivity index (χ0v) is 19.6. The molecule has 31 heavy (non-hydrogen) atoms. The van der Waals surface area contributed by atoms with Crippen molar-refractivity contribution >= 4 is 11.6 Å². The molecule has 0 aliphatic carbocycles. The minimum atomic E-state index is -0.122. The molecule has 2 heterocycles. The summed E-state index contributed by atoms with van der Waals surface area (Å²) in [6, 6.07) is 8.23. The van der Waals surface area contributed by atoms with Crippen molar-refractivity contribution < 1.29 is 4.39 Å². The van der Waals surface area contributed by atoms with Gasteiger partial charge >= 0.3 is 0 Å². The Hall–Kier alpha value is -1.86. The number of likely N-dealkylation sites (tertiary alicyclic amines) is 1. The largest absolute Gasteiger partial charge is 0.367 e. The van der Waals surface area contributed by atoms with E-state index in [4.69, 9.17) is 4.99 Å². The lowest BCUT2D eigenvalue weighted by atomic mass is 10.0. The van der Waals surface area contributed by atoms with Crippen LogP contribution in [-0.2, 0) is 0 Å². The van der Waals surface area contributed by atoms with Crippen LogP contribution in [0.4, 0.5) is 10.1 Å². The van der Waals surface area contributed by atoms with E-state index in [2.05, 4.69) is 46.1 Å². The normalized spacial score (nSPS) is 19.8. The van der Waals surface area contributed by atoms with Gasteiger partial charge in [0.15, 0.2) is 5.96 Å². The maximum absolute atomic E-state index is 14.0. The quantitative estimate of drug-likeness (QED) is 0.376. The van der Waals surface area contributed by atoms with E-state index in [1.165, 1.54) is 12.8 Å². The van der Waals surface area contributed by atoms with Gasteiger partial charge in [-0.25, -0.2) is 4.39 Å². The molecule has 0 bridgehead atoms. The van der Waals surface area contributed by atoms with Crippen molar-refractivity contribution in [1.29, 1.82) is 0 Å². The molecule has 6 nitrogen and oxygen atoms in total. The van der Waals surface area contributed by atoms with E-state index in [0.717, 1.165) is 77.0 Å². The van der Waals surface area contributed by atoms with Gasteiger partial charge in [-0.1, -0.05) is 12.1 Å². The first-order valence-corrected chi connectivity index (χ1v) is 12.1. The summed E-state index contributed by atoms with van der Waals surface area (Å²) in [4.78, 5) is 12.0. The van der Waals surface area contributed by atoms with Crippen molar-refractivity contribution in [2.24, 2.45) is 4.99 Å². The van der Waals surface area contributed by atoms with Gasteiger partial charge in [-0.05, 0) is 52.2 Å². The molecule has 2 saturated heterocycles. The lowest BCUT2D eigenvalue weighted by Gasteiger charge is -2.36. The zero-order valence-electron chi connectivity index (χ0n) is 19.6. The van der Waals surface area contributed by atoms with Crippen LogP contribution in [0, 0.1) is 5.82 Å². The standard InChI is InChI=1S/C24H41FN6/c1-4-26-24(28-21-10-14-30(15-11-21)20(2)3)27-12-7-13-29-16-18-31(19-17-29)23-9-6-5-8-22(23)25/h5-6,8-9,20-21H,4,7,10-19H2,1-3H3,(H2,26,27,28). The smallest absolute Gasteiger partial charge is 0.191 e. The summed E-state index contributed by atoms with van der Waals surface area (Å²) in [6.07, 6.45) is 3.39.